The second-order valence-electron chi connectivity index (χ2n) is 5.32. The molecule has 0 saturated heterocycles. The van der Waals surface area contributed by atoms with Crippen LogP contribution in [-0.4, -0.2) is 22.6 Å². The van der Waals surface area contributed by atoms with Gasteiger partial charge in [0.15, 0.2) is 0 Å². The van der Waals surface area contributed by atoms with E-state index in [9.17, 15) is 14.7 Å². The summed E-state index contributed by atoms with van der Waals surface area (Å²) in [6, 6.07) is 7.41. The molecule has 21 heavy (non-hydrogen) atoms. The molecular formula is C16H24N2O3. The highest BCUT2D eigenvalue weighted by molar-refractivity contribution is 5.85. The van der Waals surface area contributed by atoms with Crippen molar-refractivity contribution in [1.29, 1.82) is 0 Å². The lowest BCUT2D eigenvalue weighted by atomic mass is 9.96. The summed E-state index contributed by atoms with van der Waals surface area (Å²) in [7, 11) is 0. The molecule has 0 radical (unpaired) electrons. The first-order valence-electron chi connectivity index (χ1n) is 7.29. The van der Waals surface area contributed by atoms with Crippen molar-refractivity contribution in [3.8, 4) is 0 Å². The Labute approximate surface area is 125 Å². The molecule has 1 aromatic carbocycles. The first-order valence-corrected chi connectivity index (χ1v) is 7.29. The van der Waals surface area contributed by atoms with Gasteiger partial charge in [-0.25, -0.2) is 9.59 Å². The molecule has 0 aromatic heterocycles. The van der Waals surface area contributed by atoms with Gasteiger partial charge in [0.2, 0.25) is 0 Å². The van der Waals surface area contributed by atoms with E-state index in [1.54, 1.807) is 0 Å². The van der Waals surface area contributed by atoms with Crippen molar-refractivity contribution in [2.45, 2.75) is 52.1 Å². The Bertz CT molecular complexity index is 502. The molecule has 0 spiro atoms. The maximum atomic E-state index is 11.9. The van der Waals surface area contributed by atoms with Gasteiger partial charge in [0.25, 0.3) is 0 Å². The second kappa shape index (κ2) is 7.67. The Morgan fingerprint density at radius 2 is 1.81 bits per heavy atom. The van der Waals surface area contributed by atoms with Crippen LogP contribution in [0.4, 0.5) is 4.79 Å². The van der Waals surface area contributed by atoms with Crippen LogP contribution in [0.2, 0.25) is 0 Å². The van der Waals surface area contributed by atoms with Gasteiger partial charge in [-0.1, -0.05) is 44.5 Å². The fourth-order valence-corrected chi connectivity index (χ4v) is 2.27. The molecule has 0 saturated carbocycles. The molecule has 0 fully saturated rings. The van der Waals surface area contributed by atoms with Gasteiger partial charge in [0, 0.05) is 6.54 Å². The predicted molar refractivity (Wildman–Crippen MR) is 82.1 cm³/mol. The summed E-state index contributed by atoms with van der Waals surface area (Å²) in [5, 5.41) is 14.5. The first-order chi connectivity index (χ1) is 9.92. The van der Waals surface area contributed by atoms with Gasteiger partial charge in [0.05, 0.1) is 0 Å². The zero-order chi connectivity index (χ0) is 15.9. The smallest absolute Gasteiger partial charge is 0.329 e. The van der Waals surface area contributed by atoms with E-state index in [0.29, 0.717) is 19.4 Å². The molecule has 2 amide bonds. The van der Waals surface area contributed by atoms with Gasteiger partial charge in [-0.15, -0.1) is 0 Å². The average molecular weight is 292 g/mol. The number of benzene rings is 1. The van der Waals surface area contributed by atoms with Crippen molar-refractivity contribution < 1.29 is 14.7 Å². The molecule has 1 rings (SSSR count). The van der Waals surface area contributed by atoms with Crippen LogP contribution in [0.1, 0.15) is 44.7 Å². The summed E-state index contributed by atoms with van der Waals surface area (Å²) >= 11 is 0. The number of hydrogen-bond donors (Lipinski definition) is 3. The van der Waals surface area contributed by atoms with Crippen LogP contribution in [0.5, 0.6) is 0 Å². The molecule has 116 valence electrons. The maximum absolute atomic E-state index is 11.9. The van der Waals surface area contributed by atoms with Crippen LogP contribution in [0.15, 0.2) is 24.3 Å². The minimum atomic E-state index is -1.23. The Morgan fingerprint density at radius 1 is 1.19 bits per heavy atom. The van der Waals surface area contributed by atoms with Gasteiger partial charge in [-0.05, 0) is 30.9 Å². The van der Waals surface area contributed by atoms with E-state index < -0.39 is 17.5 Å². The number of carbonyl (C=O) groups excluding carboxylic acids is 1. The number of amides is 2. The van der Waals surface area contributed by atoms with E-state index in [1.165, 1.54) is 12.5 Å². The van der Waals surface area contributed by atoms with Crippen LogP contribution in [-0.2, 0) is 17.8 Å². The molecule has 0 aliphatic carbocycles. The van der Waals surface area contributed by atoms with Gasteiger partial charge < -0.3 is 15.7 Å². The Kier molecular flexibility index (Phi) is 6.21. The third-order valence-electron chi connectivity index (χ3n) is 3.55. The largest absolute Gasteiger partial charge is 0.480 e. The predicted octanol–water partition coefficient (Wildman–Crippen LogP) is 2.69. The quantitative estimate of drug-likeness (QED) is 0.723. The lowest BCUT2D eigenvalue weighted by Crippen LogP contribution is -2.55. The fraction of sp³-hybridized carbons (Fsp3) is 0.500. The van der Waals surface area contributed by atoms with E-state index in [0.717, 1.165) is 12.0 Å². The van der Waals surface area contributed by atoms with Crippen molar-refractivity contribution >= 4 is 12.0 Å². The highest BCUT2D eigenvalue weighted by Gasteiger charge is 2.33. The van der Waals surface area contributed by atoms with Gasteiger partial charge in [-0.3, -0.25) is 0 Å². The van der Waals surface area contributed by atoms with E-state index in [1.807, 2.05) is 31.2 Å². The van der Waals surface area contributed by atoms with Crippen molar-refractivity contribution in [2.75, 3.05) is 0 Å². The summed E-state index contributed by atoms with van der Waals surface area (Å²) in [5.41, 5.74) is 0.985. The van der Waals surface area contributed by atoms with Gasteiger partial charge in [-0.2, -0.15) is 0 Å². The number of aryl methyl sites for hydroxylation is 1. The van der Waals surface area contributed by atoms with E-state index in [2.05, 4.69) is 17.6 Å². The molecule has 5 nitrogen and oxygen atoms in total. The van der Waals surface area contributed by atoms with Crippen molar-refractivity contribution in [2.24, 2.45) is 0 Å². The molecule has 1 aromatic rings. The fourth-order valence-electron chi connectivity index (χ4n) is 2.27. The van der Waals surface area contributed by atoms with Crippen LogP contribution < -0.4 is 10.6 Å². The summed E-state index contributed by atoms with van der Waals surface area (Å²) in [5.74, 6) is -1.02. The maximum Gasteiger partial charge on any atom is 0.329 e. The van der Waals surface area contributed by atoms with E-state index in [4.69, 9.17) is 0 Å². The van der Waals surface area contributed by atoms with Gasteiger partial charge in [0.1, 0.15) is 5.54 Å². The Hall–Kier alpha value is -2.04. The number of rotatable bonds is 7. The first kappa shape index (κ1) is 17.0. The average Bonchev–Trinajstić information content (AvgIpc) is 2.45. The molecule has 0 aliphatic heterocycles. The Balaban J connectivity index is 2.63. The van der Waals surface area contributed by atoms with Crippen LogP contribution in [0.3, 0.4) is 0 Å². The SMILES string of the molecule is CCCC(C)(NC(=O)NCc1ccccc1CC)C(=O)O. The summed E-state index contributed by atoms with van der Waals surface area (Å²) < 4.78 is 0. The number of urea groups is 1. The highest BCUT2D eigenvalue weighted by atomic mass is 16.4. The highest BCUT2D eigenvalue weighted by Crippen LogP contribution is 2.13. The molecule has 0 aliphatic rings. The summed E-state index contributed by atoms with van der Waals surface area (Å²) in [6.07, 6.45) is 1.96. The number of carbonyl (C=O) groups is 2. The lowest BCUT2D eigenvalue weighted by molar-refractivity contribution is -0.144. The zero-order valence-corrected chi connectivity index (χ0v) is 12.9. The normalized spacial score (nSPS) is 13.3. The third-order valence-corrected chi connectivity index (χ3v) is 3.55. The van der Waals surface area contributed by atoms with Crippen molar-refractivity contribution in [3.63, 3.8) is 0 Å². The van der Waals surface area contributed by atoms with Crippen LogP contribution in [0, 0.1) is 0 Å². The minimum Gasteiger partial charge on any atom is -0.480 e. The van der Waals surface area contributed by atoms with Gasteiger partial charge >= 0.3 is 12.0 Å². The monoisotopic (exact) mass is 292 g/mol. The molecule has 1 unspecified atom stereocenters. The standard InChI is InChI=1S/C16H24N2O3/c1-4-10-16(3,14(19)20)18-15(21)17-11-13-9-7-6-8-12(13)5-2/h6-9H,4-5,10-11H2,1-3H3,(H,19,20)(H2,17,18,21). The van der Waals surface area contributed by atoms with Crippen LogP contribution in [0.25, 0.3) is 0 Å². The molecular weight excluding hydrogens is 268 g/mol. The van der Waals surface area contributed by atoms with Crippen molar-refractivity contribution in [3.05, 3.63) is 35.4 Å². The van der Waals surface area contributed by atoms with Crippen molar-refractivity contribution in [1.82, 2.24) is 10.6 Å². The number of carboxylic acid groups (broad SMARTS) is 1. The number of carboxylic acids is 1. The zero-order valence-electron chi connectivity index (χ0n) is 12.9. The number of aliphatic carboxylic acids is 1. The second-order valence-corrected chi connectivity index (χ2v) is 5.32. The number of nitrogens with one attached hydrogen (secondary N) is 2. The molecule has 5 heteroatoms. The molecule has 1 atom stereocenters. The molecule has 0 bridgehead atoms. The Morgan fingerprint density at radius 3 is 2.33 bits per heavy atom. The van der Waals surface area contributed by atoms with Crippen LogP contribution >= 0.6 is 0 Å². The number of hydrogen-bond acceptors (Lipinski definition) is 2. The molecule has 0 heterocycles. The molecule has 3 N–H and O–H groups in total. The third kappa shape index (κ3) is 4.77. The summed E-state index contributed by atoms with van der Waals surface area (Å²) in [4.78, 5) is 23.2. The topological polar surface area (TPSA) is 78.4 Å². The van der Waals surface area contributed by atoms with E-state index >= 15 is 0 Å². The summed E-state index contributed by atoms with van der Waals surface area (Å²) in [6.45, 7) is 5.86. The minimum absolute atomic E-state index is 0.387. The lowest BCUT2D eigenvalue weighted by Gasteiger charge is -2.26. The van der Waals surface area contributed by atoms with E-state index in [-0.39, 0.29) is 0 Å².